The van der Waals surface area contributed by atoms with Gasteiger partial charge in [-0.15, -0.1) is 0 Å². The minimum absolute atomic E-state index is 0.0261. The van der Waals surface area contributed by atoms with E-state index in [0.717, 1.165) is 5.56 Å². The molecular weight excluding hydrogens is 544 g/mol. The Hall–Kier alpha value is -4.51. The molecule has 0 unspecified atom stereocenters. The normalized spacial score (nSPS) is 13.9. The molecule has 0 saturated carbocycles. The summed E-state index contributed by atoms with van der Waals surface area (Å²) >= 11 is 0. The fraction of sp³-hybridized carbons (Fsp3) is 0.323. The highest BCUT2D eigenvalue weighted by Crippen LogP contribution is 2.34. The summed E-state index contributed by atoms with van der Waals surface area (Å²) in [6.07, 6.45) is -0.994. The molecule has 1 aliphatic rings. The van der Waals surface area contributed by atoms with Crippen molar-refractivity contribution in [3.8, 4) is 11.1 Å². The predicted octanol–water partition coefficient (Wildman–Crippen LogP) is 6.10. The molecule has 0 aliphatic carbocycles. The first-order chi connectivity index (χ1) is 20.2. The number of aryl methyl sites for hydroxylation is 1. The Morgan fingerprint density at radius 2 is 1.71 bits per heavy atom. The number of nitrogens with one attached hydrogen (secondary N) is 1. The van der Waals surface area contributed by atoms with E-state index in [9.17, 15) is 9.59 Å². The van der Waals surface area contributed by atoms with Crippen LogP contribution in [-0.2, 0) is 6.54 Å². The van der Waals surface area contributed by atoms with Gasteiger partial charge >= 0.3 is 6.09 Å². The number of hydrogen-bond donors (Lipinski definition) is 2. The Labute approximate surface area is 242 Å². The van der Waals surface area contributed by atoms with Crippen molar-refractivity contribution < 1.29 is 27.9 Å². The molecule has 0 radical (unpaired) electrons. The maximum absolute atomic E-state index is 15.2. The number of para-hydroxylation sites is 1. The Balaban J connectivity index is 1.36. The van der Waals surface area contributed by atoms with E-state index in [4.69, 9.17) is 9.52 Å². The maximum atomic E-state index is 15.2. The molecule has 220 valence electrons. The van der Waals surface area contributed by atoms with E-state index in [2.05, 4.69) is 10.3 Å². The highest BCUT2D eigenvalue weighted by molar-refractivity contribution is 5.96. The van der Waals surface area contributed by atoms with Crippen molar-refractivity contribution in [1.82, 2.24) is 19.7 Å². The van der Waals surface area contributed by atoms with Crippen LogP contribution < -0.4 is 5.32 Å². The minimum atomic E-state index is -0.994. The van der Waals surface area contributed by atoms with Crippen molar-refractivity contribution in [1.29, 1.82) is 0 Å². The van der Waals surface area contributed by atoms with Gasteiger partial charge in [-0.2, -0.15) is 4.98 Å². The van der Waals surface area contributed by atoms with Crippen LogP contribution in [0.3, 0.4) is 0 Å². The average molecular weight is 578 g/mol. The molecule has 2 amide bonds. The van der Waals surface area contributed by atoms with E-state index in [0.29, 0.717) is 72.7 Å². The fourth-order valence-corrected chi connectivity index (χ4v) is 5.25. The number of hydrogen-bond acceptors (Lipinski definition) is 6. The molecule has 1 aromatic heterocycles. The molecular formula is C31H33F2N5O4. The molecule has 4 aromatic rings. The summed E-state index contributed by atoms with van der Waals surface area (Å²) in [6.45, 7) is 8.43. The van der Waals surface area contributed by atoms with Crippen LogP contribution in [0.1, 0.15) is 35.3 Å². The third kappa shape index (κ3) is 5.91. The standard InChI is InChI=1S/C31H33F2N5O4/c1-4-37(5-2)29(39)22-10-9-21(15-19(22)3)34-30-35-27-8-6-7-23(28(27)42-30)20-16-25(32)24(26(33)17-20)18-36-11-13-38(14-12-36)31(40)41/h6-10,15-17H,4-5,11-14,18H2,1-3H3,(H,34,35)(H,40,41). The molecule has 1 aliphatic heterocycles. The summed E-state index contributed by atoms with van der Waals surface area (Å²) < 4.78 is 36.4. The van der Waals surface area contributed by atoms with Crippen molar-refractivity contribution in [3.05, 3.63) is 76.9 Å². The molecule has 0 bridgehead atoms. The van der Waals surface area contributed by atoms with Gasteiger partial charge in [0.2, 0.25) is 0 Å². The Bertz CT molecular complexity index is 1600. The first kappa shape index (κ1) is 29.0. The molecule has 9 nitrogen and oxygen atoms in total. The van der Waals surface area contributed by atoms with Crippen LogP contribution in [0.4, 0.5) is 25.3 Å². The van der Waals surface area contributed by atoms with Gasteiger partial charge in [-0.05, 0) is 68.3 Å². The van der Waals surface area contributed by atoms with Gasteiger partial charge in [-0.1, -0.05) is 12.1 Å². The second-order valence-corrected chi connectivity index (χ2v) is 10.3. The topological polar surface area (TPSA) is 102 Å². The number of halogens is 2. The summed E-state index contributed by atoms with van der Waals surface area (Å²) in [5.41, 5.74) is 3.75. The molecule has 3 aromatic carbocycles. The molecule has 1 saturated heterocycles. The fourth-order valence-electron chi connectivity index (χ4n) is 5.25. The van der Waals surface area contributed by atoms with Crippen LogP contribution in [0.2, 0.25) is 0 Å². The number of rotatable bonds is 8. The lowest BCUT2D eigenvalue weighted by molar-refractivity contribution is 0.0772. The lowest BCUT2D eigenvalue weighted by Crippen LogP contribution is -2.47. The van der Waals surface area contributed by atoms with Crippen LogP contribution in [0.15, 0.2) is 52.9 Å². The smallest absolute Gasteiger partial charge is 0.407 e. The summed E-state index contributed by atoms with van der Waals surface area (Å²) in [7, 11) is 0. The van der Waals surface area contributed by atoms with Gasteiger partial charge in [0, 0.05) is 68.2 Å². The number of nitrogens with zero attached hydrogens (tertiary/aromatic N) is 4. The molecule has 0 spiro atoms. The van der Waals surface area contributed by atoms with Crippen LogP contribution >= 0.6 is 0 Å². The number of anilines is 2. The highest BCUT2D eigenvalue weighted by Gasteiger charge is 2.23. The van der Waals surface area contributed by atoms with Gasteiger partial charge in [0.15, 0.2) is 5.58 Å². The van der Waals surface area contributed by atoms with E-state index in [1.165, 1.54) is 17.0 Å². The Kier molecular flexibility index (Phi) is 8.39. The maximum Gasteiger partial charge on any atom is 0.407 e. The number of carbonyl (C=O) groups is 2. The van der Waals surface area contributed by atoms with Gasteiger partial charge in [-0.3, -0.25) is 9.69 Å². The van der Waals surface area contributed by atoms with Gasteiger partial charge in [0.05, 0.1) is 0 Å². The monoisotopic (exact) mass is 577 g/mol. The summed E-state index contributed by atoms with van der Waals surface area (Å²) in [4.78, 5) is 33.3. The SMILES string of the molecule is CCN(CC)C(=O)c1ccc(Nc2nc3cccc(-c4cc(F)c(CN5CCN(C(=O)O)CC5)c(F)c4)c3o2)cc1C. The van der Waals surface area contributed by atoms with Crippen molar-refractivity contribution in [2.24, 2.45) is 0 Å². The minimum Gasteiger partial charge on any atom is -0.465 e. The molecule has 2 N–H and O–H groups in total. The second kappa shape index (κ2) is 12.2. The number of oxazole rings is 1. The average Bonchev–Trinajstić information content (AvgIpc) is 3.38. The molecule has 11 heteroatoms. The third-order valence-electron chi connectivity index (χ3n) is 7.65. The van der Waals surface area contributed by atoms with E-state index in [1.54, 1.807) is 35.2 Å². The second-order valence-electron chi connectivity index (χ2n) is 10.3. The summed E-state index contributed by atoms with van der Waals surface area (Å²) in [5.74, 6) is -1.40. The van der Waals surface area contributed by atoms with Gasteiger partial charge in [0.1, 0.15) is 17.2 Å². The Morgan fingerprint density at radius 3 is 2.33 bits per heavy atom. The van der Waals surface area contributed by atoms with Crippen molar-refractivity contribution in [2.75, 3.05) is 44.6 Å². The molecule has 2 heterocycles. The first-order valence-corrected chi connectivity index (χ1v) is 13.9. The van der Waals surface area contributed by atoms with E-state index >= 15 is 8.78 Å². The lowest BCUT2D eigenvalue weighted by Gasteiger charge is -2.33. The molecule has 42 heavy (non-hydrogen) atoms. The molecule has 5 rings (SSSR count). The van der Waals surface area contributed by atoms with Gasteiger partial charge in [0.25, 0.3) is 11.9 Å². The largest absolute Gasteiger partial charge is 0.465 e. The number of fused-ring (bicyclic) bond motifs is 1. The van der Waals surface area contributed by atoms with Gasteiger partial charge in [-0.25, -0.2) is 13.6 Å². The zero-order chi connectivity index (χ0) is 30.0. The van der Waals surface area contributed by atoms with Crippen molar-refractivity contribution in [3.63, 3.8) is 0 Å². The number of amides is 2. The summed E-state index contributed by atoms with van der Waals surface area (Å²) in [5, 5.41) is 12.2. The number of piperazine rings is 1. The third-order valence-corrected chi connectivity index (χ3v) is 7.65. The predicted molar refractivity (Wildman–Crippen MR) is 156 cm³/mol. The number of benzene rings is 3. The zero-order valence-electron chi connectivity index (χ0n) is 23.8. The number of carboxylic acid groups (broad SMARTS) is 1. The number of carbonyl (C=O) groups excluding carboxylic acids is 1. The quantitative estimate of drug-likeness (QED) is 0.261. The van der Waals surface area contributed by atoms with E-state index in [1.807, 2.05) is 31.7 Å². The zero-order valence-corrected chi connectivity index (χ0v) is 23.8. The Morgan fingerprint density at radius 1 is 1.02 bits per heavy atom. The van der Waals surface area contributed by atoms with E-state index in [-0.39, 0.29) is 24.0 Å². The highest BCUT2D eigenvalue weighted by atomic mass is 19.1. The van der Waals surface area contributed by atoms with Crippen molar-refractivity contribution >= 4 is 34.8 Å². The van der Waals surface area contributed by atoms with Crippen LogP contribution in [0, 0.1) is 18.6 Å². The van der Waals surface area contributed by atoms with Crippen LogP contribution in [0.5, 0.6) is 0 Å². The molecule has 0 atom stereocenters. The van der Waals surface area contributed by atoms with Gasteiger partial charge < -0.3 is 24.6 Å². The summed E-state index contributed by atoms with van der Waals surface area (Å²) in [6, 6.07) is 13.4. The van der Waals surface area contributed by atoms with Crippen LogP contribution in [0.25, 0.3) is 22.2 Å². The number of aromatic nitrogens is 1. The van der Waals surface area contributed by atoms with E-state index < -0.39 is 17.7 Å². The van der Waals surface area contributed by atoms with Crippen LogP contribution in [-0.4, -0.2) is 76.1 Å². The molecule has 1 fully saturated rings. The lowest BCUT2D eigenvalue weighted by atomic mass is 10.0. The first-order valence-electron chi connectivity index (χ1n) is 13.9. The van der Waals surface area contributed by atoms with Crippen molar-refractivity contribution in [2.45, 2.75) is 27.3 Å².